The Hall–Kier alpha value is -1.20. The van der Waals surface area contributed by atoms with E-state index >= 15 is 0 Å². The van der Waals surface area contributed by atoms with Crippen LogP contribution in [0, 0.1) is 0 Å². The number of ether oxygens (including phenoxy) is 1. The van der Waals surface area contributed by atoms with E-state index in [0.29, 0.717) is 18.7 Å². The molecule has 0 aliphatic carbocycles. The van der Waals surface area contributed by atoms with Gasteiger partial charge in [-0.25, -0.2) is 0 Å². The second-order valence-corrected chi connectivity index (χ2v) is 4.22. The zero-order valence-corrected chi connectivity index (χ0v) is 10.4. The highest BCUT2D eigenvalue weighted by Crippen LogP contribution is 2.18. The highest BCUT2D eigenvalue weighted by Gasteiger charge is 2.05. The molecular formula is C11H11BrN2O2. The number of fused-ring (bicyclic) bond motifs is 1. The van der Waals surface area contributed by atoms with E-state index in [1.807, 2.05) is 12.1 Å². The van der Waals surface area contributed by atoms with Crippen molar-refractivity contribution in [3.8, 4) is 0 Å². The molecule has 0 aromatic carbocycles. The van der Waals surface area contributed by atoms with Crippen molar-refractivity contribution in [2.75, 3.05) is 13.7 Å². The number of aromatic nitrogens is 2. The Morgan fingerprint density at radius 2 is 2.31 bits per heavy atom. The van der Waals surface area contributed by atoms with Crippen molar-refractivity contribution in [1.82, 2.24) is 9.55 Å². The summed E-state index contributed by atoms with van der Waals surface area (Å²) in [7, 11) is 1.61. The van der Waals surface area contributed by atoms with Crippen LogP contribution in [0.2, 0.25) is 0 Å². The summed E-state index contributed by atoms with van der Waals surface area (Å²) < 4.78 is 7.43. The molecule has 0 aliphatic heterocycles. The summed E-state index contributed by atoms with van der Waals surface area (Å²) in [6.07, 6.45) is 3.38. The third-order valence-corrected chi connectivity index (χ3v) is 3.05. The molecule has 0 radical (unpaired) electrons. The van der Waals surface area contributed by atoms with E-state index in [9.17, 15) is 4.79 Å². The van der Waals surface area contributed by atoms with E-state index in [2.05, 4.69) is 20.9 Å². The summed E-state index contributed by atoms with van der Waals surface area (Å²) in [6, 6.07) is 3.70. The van der Waals surface area contributed by atoms with Gasteiger partial charge in [-0.3, -0.25) is 9.78 Å². The van der Waals surface area contributed by atoms with Crippen molar-refractivity contribution in [3.05, 3.63) is 39.4 Å². The number of nitrogens with zero attached hydrogens (tertiary/aromatic N) is 2. The van der Waals surface area contributed by atoms with Crippen molar-refractivity contribution in [2.24, 2.45) is 0 Å². The van der Waals surface area contributed by atoms with Gasteiger partial charge < -0.3 is 9.30 Å². The Bertz CT molecular complexity index is 565. The van der Waals surface area contributed by atoms with E-state index in [1.54, 1.807) is 24.1 Å². The van der Waals surface area contributed by atoms with Crippen LogP contribution >= 0.6 is 15.9 Å². The van der Waals surface area contributed by atoms with Gasteiger partial charge in [-0.05, 0) is 12.1 Å². The molecule has 0 spiro atoms. The molecule has 16 heavy (non-hydrogen) atoms. The predicted octanol–water partition coefficient (Wildman–Crippen LogP) is 1.81. The van der Waals surface area contributed by atoms with Crippen molar-refractivity contribution >= 4 is 26.8 Å². The van der Waals surface area contributed by atoms with Crippen molar-refractivity contribution in [2.45, 2.75) is 6.54 Å². The van der Waals surface area contributed by atoms with Crippen LogP contribution in [-0.4, -0.2) is 23.3 Å². The lowest BCUT2D eigenvalue weighted by Crippen LogP contribution is -2.22. The van der Waals surface area contributed by atoms with Crippen LogP contribution < -0.4 is 5.56 Å². The van der Waals surface area contributed by atoms with Crippen LogP contribution in [0.1, 0.15) is 0 Å². The average molecular weight is 283 g/mol. The van der Waals surface area contributed by atoms with Crippen molar-refractivity contribution in [1.29, 1.82) is 0 Å². The smallest absolute Gasteiger partial charge is 0.277 e. The van der Waals surface area contributed by atoms with E-state index in [0.717, 1.165) is 9.86 Å². The lowest BCUT2D eigenvalue weighted by Gasteiger charge is -2.06. The van der Waals surface area contributed by atoms with Crippen LogP contribution in [0.15, 0.2) is 33.8 Å². The minimum absolute atomic E-state index is 0.0872. The van der Waals surface area contributed by atoms with E-state index < -0.39 is 0 Å². The van der Waals surface area contributed by atoms with E-state index in [1.165, 1.54) is 0 Å². The van der Waals surface area contributed by atoms with Gasteiger partial charge in [0, 0.05) is 35.9 Å². The first-order valence-electron chi connectivity index (χ1n) is 4.86. The van der Waals surface area contributed by atoms with Gasteiger partial charge in [-0.1, -0.05) is 15.9 Å². The van der Waals surface area contributed by atoms with Crippen molar-refractivity contribution < 1.29 is 4.74 Å². The molecule has 2 rings (SSSR count). The van der Waals surface area contributed by atoms with Crippen LogP contribution in [-0.2, 0) is 11.3 Å². The summed E-state index contributed by atoms with van der Waals surface area (Å²) in [6.45, 7) is 1.05. The summed E-state index contributed by atoms with van der Waals surface area (Å²) >= 11 is 3.40. The van der Waals surface area contributed by atoms with Gasteiger partial charge in [-0.2, -0.15) is 0 Å². The largest absolute Gasteiger partial charge is 0.383 e. The average Bonchev–Trinajstić information content (AvgIpc) is 2.29. The van der Waals surface area contributed by atoms with Crippen molar-refractivity contribution in [3.63, 3.8) is 0 Å². The Balaban J connectivity index is 2.57. The van der Waals surface area contributed by atoms with Gasteiger partial charge in [0.1, 0.15) is 5.52 Å². The second kappa shape index (κ2) is 4.76. The first-order valence-corrected chi connectivity index (χ1v) is 5.66. The van der Waals surface area contributed by atoms with E-state index in [-0.39, 0.29) is 5.56 Å². The van der Waals surface area contributed by atoms with Crippen LogP contribution in [0.5, 0.6) is 0 Å². The third-order valence-electron chi connectivity index (χ3n) is 2.36. The quantitative estimate of drug-likeness (QED) is 0.862. The van der Waals surface area contributed by atoms with Gasteiger partial charge in [0.15, 0.2) is 0 Å². The fraction of sp³-hybridized carbons (Fsp3) is 0.273. The number of hydrogen-bond donors (Lipinski definition) is 0. The Labute approximate surface area is 101 Å². The predicted molar refractivity (Wildman–Crippen MR) is 65.6 cm³/mol. The SMILES string of the molecule is COCCn1ccc2c(Br)ccnc2c1=O. The maximum absolute atomic E-state index is 12.0. The Morgan fingerprint density at radius 3 is 3.06 bits per heavy atom. The molecule has 0 fully saturated rings. The number of pyridine rings is 2. The Morgan fingerprint density at radius 1 is 1.50 bits per heavy atom. The van der Waals surface area contributed by atoms with Gasteiger partial charge in [0.25, 0.3) is 5.56 Å². The highest BCUT2D eigenvalue weighted by atomic mass is 79.9. The first-order chi connectivity index (χ1) is 7.74. The highest BCUT2D eigenvalue weighted by molar-refractivity contribution is 9.10. The number of rotatable bonds is 3. The molecule has 0 atom stereocenters. The maximum Gasteiger partial charge on any atom is 0.277 e. The zero-order chi connectivity index (χ0) is 11.5. The molecule has 0 saturated carbocycles. The summed E-state index contributed by atoms with van der Waals surface area (Å²) in [5, 5.41) is 0.834. The van der Waals surface area contributed by atoms with Crippen LogP contribution in [0.25, 0.3) is 10.9 Å². The fourth-order valence-electron chi connectivity index (χ4n) is 1.51. The Kier molecular flexibility index (Phi) is 3.36. The molecule has 2 aromatic heterocycles. The molecule has 2 aromatic rings. The normalized spacial score (nSPS) is 10.9. The zero-order valence-electron chi connectivity index (χ0n) is 8.81. The number of hydrogen-bond acceptors (Lipinski definition) is 3. The lowest BCUT2D eigenvalue weighted by molar-refractivity contribution is 0.186. The molecule has 5 heteroatoms. The van der Waals surface area contributed by atoms with Crippen LogP contribution in [0.4, 0.5) is 0 Å². The fourth-order valence-corrected chi connectivity index (χ4v) is 1.95. The molecule has 0 saturated heterocycles. The molecule has 0 bridgehead atoms. The lowest BCUT2D eigenvalue weighted by atomic mass is 10.2. The number of methoxy groups -OCH3 is 1. The van der Waals surface area contributed by atoms with Gasteiger partial charge in [0.2, 0.25) is 0 Å². The third kappa shape index (κ3) is 2.01. The van der Waals surface area contributed by atoms with Gasteiger partial charge in [-0.15, -0.1) is 0 Å². The molecule has 0 aliphatic rings. The van der Waals surface area contributed by atoms with Gasteiger partial charge >= 0.3 is 0 Å². The second-order valence-electron chi connectivity index (χ2n) is 3.36. The van der Waals surface area contributed by atoms with Crippen LogP contribution in [0.3, 0.4) is 0 Å². The monoisotopic (exact) mass is 282 g/mol. The standard InChI is InChI=1S/C11H11BrN2O2/c1-16-7-6-14-5-3-8-9(12)2-4-13-10(8)11(14)15/h2-5H,6-7H2,1H3. The molecule has 84 valence electrons. The maximum atomic E-state index is 12.0. The van der Waals surface area contributed by atoms with E-state index in [4.69, 9.17) is 4.74 Å². The minimum atomic E-state index is -0.0872. The first kappa shape index (κ1) is 11.3. The molecule has 2 heterocycles. The number of halogens is 1. The summed E-state index contributed by atoms with van der Waals surface area (Å²) in [4.78, 5) is 16.1. The molecule has 0 amide bonds. The molecule has 4 nitrogen and oxygen atoms in total. The molecule has 0 N–H and O–H groups in total. The molecular weight excluding hydrogens is 272 g/mol. The summed E-state index contributed by atoms with van der Waals surface area (Å²) in [5.74, 6) is 0. The molecule has 0 unspecified atom stereocenters. The minimum Gasteiger partial charge on any atom is -0.383 e. The summed E-state index contributed by atoms with van der Waals surface area (Å²) in [5.41, 5.74) is 0.392. The van der Waals surface area contributed by atoms with Gasteiger partial charge in [0.05, 0.1) is 6.61 Å². The topological polar surface area (TPSA) is 44.1 Å².